The summed E-state index contributed by atoms with van der Waals surface area (Å²) in [5.41, 5.74) is 5.49. The molecular formula is C33H21N5. The van der Waals surface area contributed by atoms with Crippen LogP contribution in [0.25, 0.3) is 66.4 Å². The molecule has 8 rings (SSSR count). The summed E-state index contributed by atoms with van der Waals surface area (Å²) in [4.78, 5) is 13.7. The Hall–Kier alpha value is -5.29. The summed E-state index contributed by atoms with van der Waals surface area (Å²) < 4.78 is 4.49. The lowest BCUT2D eigenvalue weighted by atomic mass is 10.0. The van der Waals surface area contributed by atoms with Gasteiger partial charge in [-0.3, -0.25) is 9.55 Å². The second kappa shape index (κ2) is 8.11. The molecule has 0 amide bonds. The fraction of sp³-hybridized carbons (Fsp3) is 0. The summed E-state index contributed by atoms with van der Waals surface area (Å²) in [6.45, 7) is 0. The van der Waals surface area contributed by atoms with Crippen LogP contribution in [0, 0.1) is 0 Å². The quantitative estimate of drug-likeness (QED) is 0.256. The molecule has 4 aromatic carbocycles. The Bertz CT molecular complexity index is 2120. The van der Waals surface area contributed by atoms with E-state index in [0.29, 0.717) is 5.82 Å². The van der Waals surface area contributed by atoms with E-state index in [-0.39, 0.29) is 0 Å². The lowest BCUT2D eigenvalue weighted by Crippen LogP contribution is -2.00. The first-order chi connectivity index (χ1) is 18.8. The van der Waals surface area contributed by atoms with Crippen molar-refractivity contribution in [3.8, 4) is 22.9 Å². The number of pyridine rings is 1. The van der Waals surface area contributed by atoms with Crippen LogP contribution in [0.1, 0.15) is 0 Å². The molecule has 0 saturated carbocycles. The highest BCUT2D eigenvalue weighted by Gasteiger charge is 2.16. The van der Waals surface area contributed by atoms with Gasteiger partial charge in [-0.2, -0.15) is 0 Å². The van der Waals surface area contributed by atoms with Gasteiger partial charge < -0.3 is 4.57 Å². The summed E-state index contributed by atoms with van der Waals surface area (Å²) in [5.74, 6) is 1.49. The zero-order valence-corrected chi connectivity index (χ0v) is 20.4. The normalized spacial score (nSPS) is 11.7. The van der Waals surface area contributed by atoms with E-state index in [4.69, 9.17) is 4.98 Å². The van der Waals surface area contributed by atoms with Crippen molar-refractivity contribution in [2.75, 3.05) is 0 Å². The van der Waals surface area contributed by atoms with Gasteiger partial charge in [0.2, 0.25) is 0 Å². The molecule has 0 radical (unpaired) electrons. The molecule has 0 unspecified atom stereocenters. The molecule has 5 heteroatoms. The molecule has 8 aromatic rings. The highest BCUT2D eigenvalue weighted by atomic mass is 15.1. The summed E-state index contributed by atoms with van der Waals surface area (Å²) in [6.07, 6.45) is 7.54. The average molecular weight is 488 g/mol. The van der Waals surface area contributed by atoms with E-state index < -0.39 is 0 Å². The minimum atomic E-state index is 0.659. The standard InChI is InChI=1S/C33H21N5/c1-2-8-24(9-3-1)37-18-15-26-27-20-28-25-10-4-5-11-30(25)38(31(28)19-22(27)12-13-29(26)37)32-14-17-35-33(36-32)23-7-6-16-34-21-23/h1-21H. The van der Waals surface area contributed by atoms with Crippen LogP contribution >= 0.6 is 0 Å². The first kappa shape index (κ1) is 20.9. The number of benzene rings is 4. The van der Waals surface area contributed by atoms with E-state index in [1.807, 2.05) is 24.4 Å². The molecule has 178 valence electrons. The van der Waals surface area contributed by atoms with Gasteiger partial charge in [0.1, 0.15) is 5.82 Å². The van der Waals surface area contributed by atoms with E-state index >= 15 is 0 Å². The molecule has 0 aliphatic rings. The van der Waals surface area contributed by atoms with E-state index in [1.54, 1.807) is 12.4 Å². The van der Waals surface area contributed by atoms with Crippen molar-refractivity contribution >= 4 is 43.5 Å². The first-order valence-electron chi connectivity index (χ1n) is 12.6. The van der Waals surface area contributed by atoms with Crippen molar-refractivity contribution < 1.29 is 0 Å². The van der Waals surface area contributed by atoms with Gasteiger partial charge >= 0.3 is 0 Å². The Morgan fingerprint density at radius 2 is 1.45 bits per heavy atom. The van der Waals surface area contributed by atoms with E-state index in [2.05, 4.69) is 110 Å². The molecule has 4 heterocycles. The number of fused-ring (bicyclic) bond motifs is 6. The van der Waals surface area contributed by atoms with Gasteiger partial charge in [-0.05, 0) is 71.4 Å². The van der Waals surface area contributed by atoms with Crippen molar-refractivity contribution in [1.82, 2.24) is 24.1 Å². The van der Waals surface area contributed by atoms with Crippen LogP contribution in [-0.4, -0.2) is 24.1 Å². The second-order valence-electron chi connectivity index (χ2n) is 9.44. The molecule has 4 aromatic heterocycles. The minimum Gasteiger partial charge on any atom is -0.317 e. The van der Waals surface area contributed by atoms with Crippen LogP contribution in [0.2, 0.25) is 0 Å². The van der Waals surface area contributed by atoms with Crippen LogP contribution in [0.4, 0.5) is 0 Å². The van der Waals surface area contributed by atoms with Gasteiger partial charge in [-0.25, -0.2) is 9.97 Å². The van der Waals surface area contributed by atoms with Gasteiger partial charge in [0.15, 0.2) is 5.82 Å². The predicted molar refractivity (Wildman–Crippen MR) is 154 cm³/mol. The van der Waals surface area contributed by atoms with Gasteiger partial charge in [0, 0.05) is 52.2 Å². The number of para-hydroxylation sites is 2. The van der Waals surface area contributed by atoms with Gasteiger partial charge in [0.25, 0.3) is 0 Å². The summed E-state index contributed by atoms with van der Waals surface area (Å²) in [7, 11) is 0. The van der Waals surface area contributed by atoms with E-state index in [1.165, 1.54) is 32.4 Å². The van der Waals surface area contributed by atoms with Gasteiger partial charge in [0.05, 0.1) is 16.6 Å². The van der Waals surface area contributed by atoms with E-state index in [9.17, 15) is 0 Å². The molecule has 0 aliphatic heterocycles. The number of nitrogens with zero attached hydrogens (tertiary/aromatic N) is 5. The highest BCUT2D eigenvalue weighted by molar-refractivity contribution is 6.18. The number of rotatable bonds is 3. The van der Waals surface area contributed by atoms with Crippen LogP contribution in [0.3, 0.4) is 0 Å². The lowest BCUT2D eigenvalue weighted by molar-refractivity contribution is 1.04. The van der Waals surface area contributed by atoms with E-state index in [0.717, 1.165) is 28.1 Å². The summed E-state index contributed by atoms with van der Waals surface area (Å²) in [5, 5.41) is 6.08. The largest absolute Gasteiger partial charge is 0.317 e. The third-order valence-electron chi connectivity index (χ3n) is 7.30. The SMILES string of the molecule is c1ccc(-n2ccc3c4cc5c6ccccc6n(-c6ccnc(-c7cccnc7)n6)c5cc4ccc32)cc1. The number of aromatic nitrogens is 5. The molecule has 38 heavy (non-hydrogen) atoms. The van der Waals surface area contributed by atoms with Gasteiger partial charge in [-0.15, -0.1) is 0 Å². The number of hydrogen-bond acceptors (Lipinski definition) is 3. The summed E-state index contributed by atoms with van der Waals surface area (Å²) in [6, 6.07) is 36.2. The predicted octanol–water partition coefficient (Wildman–Crippen LogP) is 7.73. The van der Waals surface area contributed by atoms with Gasteiger partial charge in [-0.1, -0.05) is 42.5 Å². The maximum Gasteiger partial charge on any atom is 0.163 e. The molecule has 0 spiro atoms. The maximum absolute atomic E-state index is 4.96. The van der Waals surface area contributed by atoms with Crippen LogP contribution in [-0.2, 0) is 0 Å². The van der Waals surface area contributed by atoms with Crippen LogP contribution < -0.4 is 0 Å². The maximum atomic E-state index is 4.96. The highest BCUT2D eigenvalue weighted by Crippen LogP contribution is 2.37. The van der Waals surface area contributed by atoms with Crippen LogP contribution in [0.5, 0.6) is 0 Å². The Labute approximate surface area is 218 Å². The van der Waals surface area contributed by atoms with Crippen molar-refractivity contribution in [2.24, 2.45) is 0 Å². The fourth-order valence-corrected chi connectivity index (χ4v) is 5.58. The smallest absolute Gasteiger partial charge is 0.163 e. The molecule has 0 fully saturated rings. The van der Waals surface area contributed by atoms with Crippen molar-refractivity contribution in [3.05, 3.63) is 128 Å². The van der Waals surface area contributed by atoms with Crippen LogP contribution in [0.15, 0.2) is 128 Å². The monoisotopic (exact) mass is 487 g/mol. The Kier molecular flexibility index (Phi) is 4.45. The summed E-state index contributed by atoms with van der Waals surface area (Å²) >= 11 is 0. The molecule has 5 nitrogen and oxygen atoms in total. The Balaban J connectivity index is 1.40. The van der Waals surface area contributed by atoms with Crippen molar-refractivity contribution in [1.29, 1.82) is 0 Å². The molecule has 0 aliphatic carbocycles. The minimum absolute atomic E-state index is 0.659. The fourth-order valence-electron chi connectivity index (χ4n) is 5.58. The lowest BCUT2D eigenvalue weighted by Gasteiger charge is -2.10. The Morgan fingerprint density at radius 1 is 0.579 bits per heavy atom. The average Bonchev–Trinajstić information content (AvgIpc) is 3.56. The zero-order valence-electron chi connectivity index (χ0n) is 20.4. The second-order valence-corrected chi connectivity index (χ2v) is 9.44. The topological polar surface area (TPSA) is 48.5 Å². The molecular weight excluding hydrogens is 466 g/mol. The molecule has 0 bridgehead atoms. The molecule has 0 saturated heterocycles. The Morgan fingerprint density at radius 3 is 2.34 bits per heavy atom. The first-order valence-corrected chi connectivity index (χ1v) is 12.6. The molecule has 0 N–H and O–H groups in total. The van der Waals surface area contributed by atoms with Crippen molar-refractivity contribution in [3.63, 3.8) is 0 Å². The molecule has 0 atom stereocenters. The van der Waals surface area contributed by atoms with Crippen molar-refractivity contribution in [2.45, 2.75) is 0 Å². The third kappa shape index (κ3) is 3.09. The third-order valence-corrected chi connectivity index (χ3v) is 7.30. The zero-order chi connectivity index (χ0) is 25.1. The number of hydrogen-bond donors (Lipinski definition) is 0.